The standard InChI is InChI=1S/C25H26F4N6O/c1-24(2,13-36)18-10-16(26)9-14-3-5-19(31-21(14)18)23-33-32-20-6-4-15(11-35(20)23)22(25(27,28)29)34-8-7-17(30)12-34/h3-6,9-11,17,22,36H,7-8,12-13,30H2,1-2H3/t17-,22?/m1/s1. The summed E-state index contributed by atoms with van der Waals surface area (Å²) in [6.45, 7) is 3.73. The maximum Gasteiger partial charge on any atom is 0.408 e. The highest BCUT2D eigenvalue weighted by atomic mass is 19.4. The van der Waals surface area contributed by atoms with Gasteiger partial charge in [-0.3, -0.25) is 9.30 Å². The number of hydrogen-bond acceptors (Lipinski definition) is 6. The van der Waals surface area contributed by atoms with Gasteiger partial charge in [-0.1, -0.05) is 26.0 Å². The quantitative estimate of drug-likeness (QED) is 0.401. The normalized spacial score (nSPS) is 18.4. The summed E-state index contributed by atoms with van der Waals surface area (Å²) in [5, 5.41) is 18.7. The molecule has 0 aliphatic carbocycles. The highest BCUT2D eigenvalue weighted by Gasteiger charge is 2.46. The third kappa shape index (κ3) is 4.31. The molecular formula is C25H26F4N6O. The minimum absolute atomic E-state index is 0.0510. The Morgan fingerprint density at radius 1 is 1.14 bits per heavy atom. The highest BCUT2D eigenvalue weighted by molar-refractivity contribution is 5.85. The molecular weight excluding hydrogens is 476 g/mol. The highest BCUT2D eigenvalue weighted by Crippen LogP contribution is 2.39. The van der Waals surface area contributed by atoms with Crippen LogP contribution < -0.4 is 5.73 Å². The Hall–Kier alpha value is -3.15. The zero-order valence-corrected chi connectivity index (χ0v) is 19.8. The van der Waals surface area contributed by atoms with E-state index in [0.717, 1.165) is 0 Å². The minimum atomic E-state index is -4.50. The number of fused-ring (bicyclic) bond motifs is 2. The van der Waals surface area contributed by atoms with E-state index in [1.807, 2.05) is 0 Å². The molecule has 0 amide bonds. The topological polar surface area (TPSA) is 92.6 Å². The van der Waals surface area contributed by atoms with Crippen molar-refractivity contribution in [2.45, 2.75) is 43.9 Å². The largest absolute Gasteiger partial charge is 0.408 e. The number of rotatable bonds is 5. The second-order valence-corrected chi connectivity index (χ2v) is 9.97. The molecule has 0 spiro atoms. The summed E-state index contributed by atoms with van der Waals surface area (Å²) in [5.74, 6) is -0.198. The van der Waals surface area contributed by atoms with Gasteiger partial charge in [0.2, 0.25) is 0 Å². The van der Waals surface area contributed by atoms with Crippen LogP contribution in [-0.2, 0) is 5.41 Å². The molecule has 3 aromatic heterocycles. The van der Waals surface area contributed by atoms with E-state index in [1.165, 1.54) is 39.8 Å². The van der Waals surface area contributed by atoms with Crippen LogP contribution in [0.2, 0.25) is 0 Å². The summed E-state index contributed by atoms with van der Waals surface area (Å²) in [4.78, 5) is 6.03. The number of aliphatic hydroxyl groups excluding tert-OH is 1. The third-order valence-electron chi connectivity index (χ3n) is 6.78. The van der Waals surface area contributed by atoms with Gasteiger partial charge in [-0.25, -0.2) is 9.37 Å². The number of aliphatic hydroxyl groups is 1. The Balaban J connectivity index is 1.64. The van der Waals surface area contributed by atoms with Crippen LogP contribution in [0.4, 0.5) is 17.6 Å². The van der Waals surface area contributed by atoms with E-state index in [0.29, 0.717) is 34.2 Å². The average molecular weight is 503 g/mol. The van der Waals surface area contributed by atoms with Crippen LogP contribution in [0, 0.1) is 5.82 Å². The van der Waals surface area contributed by atoms with Crippen LogP contribution in [0.1, 0.15) is 37.4 Å². The SMILES string of the molecule is CC(C)(CO)c1cc(F)cc2ccc(-c3nnc4ccc(C(N5CC[C@@H](N)C5)C(F)(F)F)cn34)nc12. The summed E-state index contributed by atoms with van der Waals surface area (Å²) in [7, 11) is 0. The monoisotopic (exact) mass is 502 g/mol. The van der Waals surface area contributed by atoms with Crippen LogP contribution in [0.5, 0.6) is 0 Å². The molecule has 190 valence electrons. The lowest BCUT2D eigenvalue weighted by molar-refractivity contribution is -0.183. The summed E-state index contributed by atoms with van der Waals surface area (Å²) < 4.78 is 58.2. The molecule has 4 aromatic rings. The number of halogens is 4. The molecule has 4 heterocycles. The summed E-state index contributed by atoms with van der Waals surface area (Å²) in [5.41, 5.74) is 6.87. The third-order valence-corrected chi connectivity index (χ3v) is 6.78. The Labute approximate surface area is 204 Å². The van der Waals surface area contributed by atoms with Crippen molar-refractivity contribution in [3.05, 3.63) is 59.5 Å². The molecule has 1 aliphatic rings. The molecule has 1 aromatic carbocycles. The summed E-state index contributed by atoms with van der Waals surface area (Å²) in [6.07, 6.45) is -2.61. The Morgan fingerprint density at radius 3 is 2.58 bits per heavy atom. The summed E-state index contributed by atoms with van der Waals surface area (Å²) >= 11 is 0. The van der Waals surface area contributed by atoms with Crippen molar-refractivity contribution in [3.63, 3.8) is 0 Å². The van der Waals surface area contributed by atoms with Crippen molar-refractivity contribution < 1.29 is 22.7 Å². The zero-order chi connectivity index (χ0) is 25.8. The average Bonchev–Trinajstić information content (AvgIpc) is 3.43. The molecule has 3 N–H and O–H groups in total. The number of likely N-dealkylation sites (tertiary alicyclic amines) is 1. The molecule has 2 atom stereocenters. The number of nitrogens with two attached hydrogens (primary N) is 1. The van der Waals surface area contributed by atoms with E-state index in [4.69, 9.17) is 5.73 Å². The van der Waals surface area contributed by atoms with Crippen molar-refractivity contribution in [2.75, 3.05) is 19.7 Å². The van der Waals surface area contributed by atoms with Crippen LogP contribution in [0.25, 0.3) is 28.1 Å². The van der Waals surface area contributed by atoms with E-state index < -0.39 is 23.5 Å². The minimum Gasteiger partial charge on any atom is -0.395 e. The van der Waals surface area contributed by atoms with Gasteiger partial charge < -0.3 is 10.8 Å². The van der Waals surface area contributed by atoms with Crippen molar-refractivity contribution in [1.82, 2.24) is 24.5 Å². The molecule has 36 heavy (non-hydrogen) atoms. The summed E-state index contributed by atoms with van der Waals surface area (Å²) in [6, 6.07) is 6.78. The Morgan fingerprint density at radius 2 is 1.92 bits per heavy atom. The second kappa shape index (κ2) is 8.75. The van der Waals surface area contributed by atoms with Gasteiger partial charge in [0, 0.05) is 36.1 Å². The molecule has 0 radical (unpaired) electrons. The van der Waals surface area contributed by atoms with E-state index in [1.54, 1.807) is 26.0 Å². The molecule has 1 unspecified atom stereocenters. The number of aromatic nitrogens is 4. The first kappa shape index (κ1) is 24.5. The lowest BCUT2D eigenvalue weighted by atomic mass is 9.84. The van der Waals surface area contributed by atoms with E-state index >= 15 is 0 Å². The Bertz CT molecular complexity index is 1430. The lowest BCUT2D eigenvalue weighted by Crippen LogP contribution is -2.38. The van der Waals surface area contributed by atoms with Crippen molar-refractivity contribution in [2.24, 2.45) is 5.73 Å². The van der Waals surface area contributed by atoms with Crippen molar-refractivity contribution in [1.29, 1.82) is 0 Å². The van der Waals surface area contributed by atoms with Crippen molar-refractivity contribution >= 4 is 16.6 Å². The van der Waals surface area contributed by atoms with Crippen LogP contribution in [-0.4, -0.2) is 61.5 Å². The van der Waals surface area contributed by atoms with Gasteiger partial charge in [0.1, 0.15) is 17.6 Å². The first-order valence-electron chi connectivity index (χ1n) is 11.6. The van der Waals surface area contributed by atoms with Crippen LogP contribution in [0.15, 0.2) is 42.6 Å². The first-order valence-corrected chi connectivity index (χ1v) is 11.6. The fourth-order valence-electron chi connectivity index (χ4n) is 4.82. The van der Waals surface area contributed by atoms with Gasteiger partial charge in [-0.05, 0) is 41.8 Å². The molecule has 5 rings (SSSR count). The maximum absolute atomic E-state index is 14.3. The fraction of sp³-hybridized carbons (Fsp3) is 0.400. The van der Waals surface area contributed by atoms with Gasteiger partial charge in [0.15, 0.2) is 11.5 Å². The van der Waals surface area contributed by atoms with Gasteiger partial charge >= 0.3 is 6.18 Å². The molecule has 1 fully saturated rings. The van der Waals surface area contributed by atoms with Crippen molar-refractivity contribution in [3.8, 4) is 11.5 Å². The smallest absolute Gasteiger partial charge is 0.395 e. The molecule has 0 saturated carbocycles. The van der Waals surface area contributed by atoms with Gasteiger partial charge in [0.25, 0.3) is 0 Å². The molecule has 11 heteroatoms. The Kier molecular flexibility index (Phi) is 5.97. The van der Waals surface area contributed by atoms with E-state index in [-0.39, 0.29) is 37.1 Å². The fourth-order valence-corrected chi connectivity index (χ4v) is 4.82. The lowest BCUT2D eigenvalue weighted by Gasteiger charge is -2.30. The number of benzene rings is 1. The molecule has 7 nitrogen and oxygen atoms in total. The second-order valence-electron chi connectivity index (χ2n) is 9.97. The number of pyridine rings is 2. The van der Waals surface area contributed by atoms with E-state index in [2.05, 4.69) is 15.2 Å². The predicted octanol–water partition coefficient (Wildman–Crippen LogP) is 3.99. The van der Waals surface area contributed by atoms with E-state index in [9.17, 15) is 22.7 Å². The number of nitrogens with zero attached hydrogens (tertiary/aromatic N) is 5. The van der Waals surface area contributed by atoms with Crippen LogP contribution in [0.3, 0.4) is 0 Å². The number of hydrogen-bond donors (Lipinski definition) is 2. The first-order chi connectivity index (χ1) is 17.0. The zero-order valence-electron chi connectivity index (χ0n) is 19.8. The van der Waals surface area contributed by atoms with Gasteiger partial charge in [-0.15, -0.1) is 10.2 Å². The number of alkyl halides is 3. The molecule has 1 aliphatic heterocycles. The van der Waals surface area contributed by atoms with Gasteiger partial charge in [0.05, 0.1) is 12.1 Å². The predicted molar refractivity (Wildman–Crippen MR) is 127 cm³/mol. The molecule has 1 saturated heterocycles. The van der Waals surface area contributed by atoms with Gasteiger partial charge in [-0.2, -0.15) is 13.2 Å². The maximum atomic E-state index is 14.3. The van der Waals surface area contributed by atoms with Crippen LogP contribution >= 0.6 is 0 Å². The molecule has 0 bridgehead atoms.